The first-order chi connectivity index (χ1) is 9.99. The summed E-state index contributed by atoms with van der Waals surface area (Å²) in [5.41, 5.74) is 1.07. The summed E-state index contributed by atoms with van der Waals surface area (Å²) in [7, 11) is 2.46. The number of methoxy groups -OCH3 is 2. The van der Waals surface area contributed by atoms with Gasteiger partial charge in [-0.15, -0.1) is 0 Å². The average molecular weight is 309 g/mol. The van der Waals surface area contributed by atoms with Crippen LogP contribution in [-0.4, -0.2) is 35.9 Å². The Hall–Kier alpha value is -2.34. The number of hydrogen-bond acceptors (Lipinski definition) is 5. The molecule has 0 atom stereocenters. The van der Waals surface area contributed by atoms with Crippen molar-refractivity contribution in [3.63, 3.8) is 0 Å². The van der Waals surface area contributed by atoms with Crippen LogP contribution in [0, 0.1) is 6.92 Å². The lowest BCUT2D eigenvalue weighted by molar-refractivity contribution is 0.0551. The Morgan fingerprint density at radius 3 is 2.43 bits per heavy atom. The lowest BCUT2D eigenvalue weighted by Gasteiger charge is -2.05. The van der Waals surface area contributed by atoms with Crippen LogP contribution in [0.2, 0.25) is 5.02 Å². The first kappa shape index (κ1) is 15.1. The number of carbonyl (C=O) groups is 2. The molecule has 0 amide bonds. The van der Waals surface area contributed by atoms with E-state index in [2.05, 4.69) is 9.84 Å². The second-order valence-corrected chi connectivity index (χ2v) is 4.62. The molecule has 6 nitrogen and oxygen atoms in total. The summed E-state index contributed by atoms with van der Waals surface area (Å²) >= 11 is 5.95. The van der Waals surface area contributed by atoms with Crippen LogP contribution in [0.1, 0.15) is 26.5 Å². The predicted octanol–water partition coefficient (Wildman–Crippen LogP) is 2.41. The Bertz CT molecular complexity index is 709. The molecule has 110 valence electrons. The fourth-order valence-electron chi connectivity index (χ4n) is 1.95. The number of aromatic nitrogens is 2. The molecule has 0 bridgehead atoms. The quantitative estimate of drug-likeness (QED) is 0.814. The van der Waals surface area contributed by atoms with E-state index in [9.17, 15) is 9.59 Å². The van der Waals surface area contributed by atoms with E-state index in [1.165, 1.54) is 18.9 Å². The van der Waals surface area contributed by atoms with Crippen LogP contribution < -0.4 is 0 Å². The van der Waals surface area contributed by atoms with Gasteiger partial charge in [0.25, 0.3) is 0 Å². The molecule has 2 rings (SSSR count). The van der Waals surface area contributed by atoms with Gasteiger partial charge in [0.2, 0.25) is 0 Å². The Morgan fingerprint density at radius 1 is 1.19 bits per heavy atom. The monoisotopic (exact) mass is 308 g/mol. The molecule has 0 fully saturated rings. The van der Waals surface area contributed by atoms with Gasteiger partial charge in [-0.1, -0.05) is 17.7 Å². The molecule has 21 heavy (non-hydrogen) atoms. The Kier molecular flexibility index (Phi) is 4.28. The fourth-order valence-corrected chi connectivity index (χ4v) is 2.13. The van der Waals surface area contributed by atoms with E-state index >= 15 is 0 Å². The molecule has 0 saturated carbocycles. The van der Waals surface area contributed by atoms with Crippen LogP contribution in [0.25, 0.3) is 5.69 Å². The van der Waals surface area contributed by atoms with E-state index in [1.807, 2.05) is 0 Å². The Labute approximate surface area is 126 Å². The van der Waals surface area contributed by atoms with Crippen LogP contribution in [-0.2, 0) is 9.47 Å². The van der Waals surface area contributed by atoms with Gasteiger partial charge in [-0.25, -0.2) is 14.3 Å². The highest BCUT2D eigenvalue weighted by molar-refractivity contribution is 6.30. The summed E-state index contributed by atoms with van der Waals surface area (Å²) in [5, 5.41) is 4.66. The zero-order valence-electron chi connectivity index (χ0n) is 11.7. The molecule has 2 aromatic rings. The van der Waals surface area contributed by atoms with Gasteiger partial charge >= 0.3 is 11.9 Å². The standard InChI is InChI=1S/C14H13ClN2O4/c1-8-11(13(18)20-2)12(14(19)21-3)16-17(8)10-6-4-5-9(15)7-10/h4-7H,1-3H3. The van der Waals surface area contributed by atoms with Crippen molar-refractivity contribution in [2.45, 2.75) is 6.92 Å². The van der Waals surface area contributed by atoms with Gasteiger partial charge in [-0.3, -0.25) is 0 Å². The van der Waals surface area contributed by atoms with Crippen LogP contribution in [0.4, 0.5) is 0 Å². The molecular weight excluding hydrogens is 296 g/mol. The minimum Gasteiger partial charge on any atom is -0.465 e. The van der Waals surface area contributed by atoms with Crippen molar-refractivity contribution in [3.8, 4) is 5.69 Å². The molecule has 0 aliphatic carbocycles. The highest BCUT2D eigenvalue weighted by atomic mass is 35.5. The topological polar surface area (TPSA) is 70.4 Å². The van der Waals surface area contributed by atoms with Gasteiger partial charge in [-0.05, 0) is 25.1 Å². The maximum absolute atomic E-state index is 11.9. The van der Waals surface area contributed by atoms with Crippen molar-refractivity contribution in [2.24, 2.45) is 0 Å². The van der Waals surface area contributed by atoms with Gasteiger partial charge in [0, 0.05) is 5.02 Å². The lowest BCUT2D eigenvalue weighted by atomic mass is 10.2. The Morgan fingerprint density at radius 2 is 1.86 bits per heavy atom. The third-order valence-electron chi connectivity index (χ3n) is 2.94. The first-order valence-corrected chi connectivity index (χ1v) is 6.39. The van der Waals surface area contributed by atoms with E-state index < -0.39 is 11.9 Å². The van der Waals surface area contributed by atoms with Crippen LogP contribution >= 0.6 is 11.6 Å². The first-order valence-electron chi connectivity index (χ1n) is 6.01. The highest BCUT2D eigenvalue weighted by Gasteiger charge is 2.27. The second-order valence-electron chi connectivity index (χ2n) is 4.18. The molecule has 0 unspecified atom stereocenters. The minimum atomic E-state index is -0.709. The van der Waals surface area contributed by atoms with Gasteiger partial charge in [0.15, 0.2) is 5.69 Å². The summed E-state index contributed by atoms with van der Waals surface area (Å²) in [4.78, 5) is 23.7. The van der Waals surface area contributed by atoms with Crippen molar-refractivity contribution < 1.29 is 19.1 Å². The summed E-state index contributed by atoms with van der Waals surface area (Å²) in [6.07, 6.45) is 0. The van der Waals surface area contributed by atoms with Gasteiger partial charge in [-0.2, -0.15) is 5.10 Å². The number of rotatable bonds is 3. The van der Waals surface area contributed by atoms with Gasteiger partial charge < -0.3 is 9.47 Å². The van der Waals surface area contributed by atoms with Gasteiger partial charge in [0.1, 0.15) is 5.56 Å². The molecule has 0 radical (unpaired) electrons. The number of nitrogens with zero attached hydrogens (tertiary/aromatic N) is 2. The molecule has 0 aliphatic heterocycles. The molecule has 0 N–H and O–H groups in total. The predicted molar refractivity (Wildman–Crippen MR) is 76.0 cm³/mol. The molecule has 1 heterocycles. The van der Waals surface area contributed by atoms with Crippen LogP contribution in [0.15, 0.2) is 24.3 Å². The van der Waals surface area contributed by atoms with E-state index in [1.54, 1.807) is 31.2 Å². The molecule has 1 aromatic heterocycles. The summed E-state index contributed by atoms with van der Waals surface area (Å²) < 4.78 is 10.8. The van der Waals surface area contributed by atoms with Crippen LogP contribution in [0.5, 0.6) is 0 Å². The van der Waals surface area contributed by atoms with Crippen molar-refractivity contribution in [1.82, 2.24) is 9.78 Å². The van der Waals surface area contributed by atoms with Crippen molar-refractivity contribution >= 4 is 23.5 Å². The third-order valence-corrected chi connectivity index (χ3v) is 3.17. The molecule has 0 spiro atoms. The largest absolute Gasteiger partial charge is 0.465 e. The average Bonchev–Trinajstić information content (AvgIpc) is 2.83. The number of halogens is 1. The molecule has 0 saturated heterocycles. The maximum atomic E-state index is 11.9. The second kappa shape index (κ2) is 5.97. The molecular formula is C14H13ClN2O4. The molecule has 1 aromatic carbocycles. The maximum Gasteiger partial charge on any atom is 0.359 e. The van der Waals surface area contributed by atoms with E-state index in [-0.39, 0.29) is 11.3 Å². The zero-order valence-corrected chi connectivity index (χ0v) is 12.5. The highest BCUT2D eigenvalue weighted by Crippen LogP contribution is 2.22. The van der Waals surface area contributed by atoms with E-state index in [4.69, 9.17) is 16.3 Å². The van der Waals surface area contributed by atoms with Crippen molar-refractivity contribution in [2.75, 3.05) is 14.2 Å². The van der Waals surface area contributed by atoms with Crippen LogP contribution in [0.3, 0.4) is 0 Å². The normalized spacial score (nSPS) is 10.3. The van der Waals surface area contributed by atoms with Crippen molar-refractivity contribution in [3.05, 3.63) is 46.2 Å². The lowest BCUT2D eigenvalue weighted by Crippen LogP contribution is -2.11. The number of esters is 2. The summed E-state index contributed by atoms with van der Waals surface area (Å²) in [5.74, 6) is -1.36. The number of ether oxygens (including phenoxy) is 2. The minimum absolute atomic E-state index is 0.0734. The Balaban J connectivity index is 2.66. The summed E-state index contributed by atoms with van der Waals surface area (Å²) in [6, 6.07) is 6.89. The summed E-state index contributed by atoms with van der Waals surface area (Å²) in [6.45, 7) is 1.66. The number of benzene rings is 1. The SMILES string of the molecule is COC(=O)c1nn(-c2cccc(Cl)c2)c(C)c1C(=O)OC. The molecule has 7 heteroatoms. The fraction of sp³-hybridized carbons (Fsp3) is 0.214. The van der Waals surface area contributed by atoms with E-state index in [0.717, 1.165) is 0 Å². The zero-order chi connectivity index (χ0) is 15.6. The third kappa shape index (κ3) is 2.75. The number of carbonyl (C=O) groups excluding carboxylic acids is 2. The molecule has 0 aliphatic rings. The van der Waals surface area contributed by atoms with Gasteiger partial charge in [0.05, 0.1) is 25.6 Å². The van der Waals surface area contributed by atoms with E-state index in [0.29, 0.717) is 16.4 Å². The number of hydrogen-bond donors (Lipinski definition) is 0. The smallest absolute Gasteiger partial charge is 0.359 e. The van der Waals surface area contributed by atoms with Crippen molar-refractivity contribution in [1.29, 1.82) is 0 Å².